The fourth-order valence-electron chi connectivity index (χ4n) is 0.719. The number of rotatable bonds is 0. The van der Waals surface area contributed by atoms with E-state index in [9.17, 15) is 0 Å². The molecule has 0 bridgehead atoms. The standard InChI is InChI=1S/C10H6BrN/c11-10-6-4-9(5-7-10)3-1-2-8-12/h4-7H,2H2. The summed E-state index contributed by atoms with van der Waals surface area (Å²) in [6, 6.07) is 9.64. The van der Waals surface area contributed by atoms with Crippen LogP contribution in [0, 0.1) is 23.2 Å². The van der Waals surface area contributed by atoms with Crippen LogP contribution in [-0.2, 0) is 0 Å². The lowest BCUT2D eigenvalue weighted by molar-refractivity contribution is 1.39. The first-order valence-corrected chi connectivity index (χ1v) is 4.23. The van der Waals surface area contributed by atoms with Gasteiger partial charge in [0.1, 0.15) is 0 Å². The van der Waals surface area contributed by atoms with Crippen molar-refractivity contribution < 1.29 is 0 Å². The molecule has 2 heteroatoms. The first-order chi connectivity index (χ1) is 5.83. The van der Waals surface area contributed by atoms with Gasteiger partial charge in [-0.1, -0.05) is 27.8 Å². The average Bonchev–Trinajstić information content (AvgIpc) is 2.09. The van der Waals surface area contributed by atoms with E-state index in [-0.39, 0.29) is 6.42 Å². The summed E-state index contributed by atoms with van der Waals surface area (Å²) in [7, 11) is 0. The van der Waals surface area contributed by atoms with Gasteiger partial charge in [-0.2, -0.15) is 5.26 Å². The molecule has 0 unspecified atom stereocenters. The number of nitriles is 1. The predicted molar refractivity (Wildman–Crippen MR) is 51.3 cm³/mol. The third kappa shape index (κ3) is 2.78. The molecule has 12 heavy (non-hydrogen) atoms. The van der Waals surface area contributed by atoms with Crippen LogP contribution in [0.5, 0.6) is 0 Å². The van der Waals surface area contributed by atoms with E-state index >= 15 is 0 Å². The highest BCUT2D eigenvalue weighted by Crippen LogP contribution is 2.09. The van der Waals surface area contributed by atoms with Crippen molar-refractivity contribution in [1.29, 1.82) is 5.26 Å². The Hall–Kier alpha value is -1.25. The Balaban J connectivity index is 2.74. The van der Waals surface area contributed by atoms with E-state index < -0.39 is 0 Å². The number of hydrogen-bond acceptors (Lipinski definition) is 1. The molecule has 0 atom stereocenters. The molecule has 0 aliphatic rings. The normalized spacial score (nSPS) is 8.00. The summed E-state index contributed by atoms with van der Waals surface area (Å²) in [6.45, 7) is 0. The van der Waals surface area contributed by atoms with Gasteiger partial charge in [-0.15, -0.1) is 0 Å². The van der Waals surface area contributed by atoms with Crippen molar-refractivity contribution in [3.05, 3.63) is 34.3 Å². The van der Waals surface area contributed by atoms with Crippen LogP contribution >= 0.6 is 15.9 Å². The molecule has 0 saturated carbocycles. The number of hydrogen-bond donors (Lipinski definition) is 0. The van der Waals surface area contributed by atoms with E-state index in [1.807, 2.05) is 30.3 Å². The zero-order chi connectivity index (χ0) is 8.81. The van der Waals surface area contributed by atoms with Crippen LogP contribution in [-0.4, -0.2) is 0 Å². The molecule has 0 spiro atoms. The molecule has 1 nitrogen and oxygen atoms in total. The van der Waals surface area contributed by atoms with Crippen molar-refractivity contribution in [2.75, 3.05) is 0 Å². The van der Waals surface area contributed by atoms with E-state index in [1.54, 1.807) is 0 Å². The van der Waals surface area contributed by atoms with Gasteiger partial charge in [0.05, 0.1) is 12.5 Å². The maximum Gasteiger partial charge on any atom is 0.0966 e. The summed E-state index contributed by atoms with van der Waals surface area (Å²) in [5, 5.41) is 8.23. The zero-order valence-corrected chi connectivity index (χ0v) is 7.93. The minimum atomic E-state index is 0.288. The summed E-state index contributed by atoms with van der Waals surface area (Å²) in [5.41, 5.74) is 0.938. The Morgan fingerprint density at radius 1 is 1.25 bits per heavy atom. The van der Waals surface area contributed by atoms with Gasteiger partial charge in [0.25, 0.3) is 0 Å². The lowest BCUT2D eigenvalue weighted by Gasteiger charge is -1.89. The Labute approximate surface area is 80.2 Å². The third-order valence-electron chi connectivity index (χ3n) is 1.24. The van der Waals surface area contributed by atoms with Gasteiger partial charge in [-0.3, -0.25) is 0 Å². The van der Waals surface area contributed by atoms with Crippen molar-refractivity contribution in [2.24, 2.45) is 0 Å². The van der Waals surface area contributed by atoms with E-state index in [4.69, 9.17) is 5.26 Å². The van der Waals surface area contributed by atoms with Crippen LogP contribution in [0.1, 0.15) is 12.0 Å². The largest absolute Gasteiger partial charge is 0.197 e. The van der Waals surface area contributed by atoms with Crippen LogP contribution in [0.25, 0.3) is 0 Å². The highest BCUT2D eigenvalue weighted by Gasteiger charge is 1.85. The average molecular weight is 220 g/mol. The molecule has 0 saturated heterocycles. The topological polar surface area (TPSA) is 23.8 Å². The van der Waals surface area contributed by atoms with Crippen LogP contribution < -0.4 is 0 Å². The van der Waals surface area contributed by atoms with Gasteiger partial charge in [0.2, 0.25) is 0 Å². The van der Waals surface area contributed by atoms with Crippen molar-refractivity contribution in [2.45, 2.75) is 6.42 Å². The fourth-order valence-corrected chi connectivity index (χ4v) is 0.983. The van der Waals surface area contributed by atoms with E-state index in [1.165, 1.54) is 0 Å². The Bertz CT molecular complexity index is 348. The maximum absolute atomic E-state index is 8.23. The SMILES string of the molecule is N#CCC#Cc1ccc(Br)cc1. The van der Waals surface area contributed by atoms with Crippen molar-refractivity contribution in [3.63, 3.8) is 0 Å². The number of benzene rings is 1. The molecule has 0 aliphatic heterocycles. The van der Waals surface area contributed by atoms with E-state index in [2.05, 4.69) is 27.8 Å². The van der Waals surface area contributed by atoms with E-state index in [0.717, 1.165) is 10.0 Å². The van der Waals surface area contributed by atoms with E-state index in [0.29, 0.717) is 0 Å². The molecule has 1 aromatic carbocycles. The predicted octanol–water partition coefficient (Wildman–Crippen LogP) is 2.71. The molecular weight excluding hydrogens is 214 g/mol. The molecule has 0 radical (unpaired) electrons. The second kappa shape index (κ2) is 4.59. The molecule has 0 fully saturated rings. The molecule has 0 N–H and O–H groups in total. The second-order valence-corrected chi connectivity index (χ2v) is 3.06. The minimum Gasteiger partial charge on any atom is -0.197 e. The molecule has 0 heterocycles. The van der Waals surface area contributed by atoms with Crippen LogP contribution in [0.2, 0.25) is 0 Å². The molecule has 0 amide bonds. The third-order valence-corrected chi connectivity index (χ3v) is 1.77. The van der Waals surface area contributed by atoms with Gasteiger partial charge in [0.15, 0.2) is 0 Å². The monoisotopic (exact) mass is 219 g/mol. The van der Waals surface area contributed by atoms with Crippen LogP contribution in [0.3, 0.4) is 0 Å². The number of halogens is 1. The molecule has 1 rings (SSSR count). The highest BCUT2D eigenvalue weighted by molar-refractivity contribution is 9.10. The first-order valence-electron chi connectivity index (χ1n) is 3.44. The van der Waals surface area contributed by atoms with Crippen molar-refractivity contribution in [1.82, 2.24) is 0 Å². The minimum absolute atomic E-state index is 0.288. The first kappa shape index (κ1) is 8.84. The molecule has 58 valence electrons. The fraction of sp³-hybridized carbons (Fsp3) is 0.100. The van der Waals surface area contributed by atoms with Gasteiger partial charge in [-0.05, 0) is 24.3 Å². The molecule has 1 aromatic rings. The van der Waals surface area contributed by atoms with Gasteiger partial charge >= 0.3 is 0 Å². The van der Waals surface area contributed by atoms with Crippen LogP contribution in [0.15, 0.2) is 28.7 Å². The number of nitrogens with zero attached hydrogens (tertiary/aromatic N) is 1. The highest BCUT2D eigenvalue weighted by atomic mass is 79.9. The van der Waals surface area contributed by atoms with Crippen LogP contribution in [0.4, 0.5) is 0 Å². The molecule has 0 aliphatic carbocycles. The lowest BCUT2D eigenvalue weighted by Crippen LogP contribution is -1.71. The zero-order valence-electron chi connectivity index (χ0n) is 6.34. The second-order valence-electron chi connectivity index (χ2n) is 2.14. The smallest absolute Gasteiger partial charge is 0.0966 e. The molecular formula is C10H6BrN. The Kier molecular flexibility index (Phi) is 3.38. The summed E-state index contributed by atoms with van der Waals surface area (Å²) < 4.78 is 1.04. The summed E-state index contributed by atoms with van der Waals surface area (Å²) in [6.07, 6.45) is 0.288. The summed E-state index contributed by atoms with van der Waals surface area (Å²) in [4.78, 5) is 0. The summed E-state index contributed by atoms with van der Waals surface area (Å²) >= 11 is 3.33. The Morgan fingerprint density at radius 2 is 1.92 bits per heavy atom. The maximum atomic E-state index is 8.23. The van der Waals surface area contributed by atoms with Gasteiger partial charge < -0.3 is 0 Å². The van der Waals surface area contributed by atoms with Crippen molar-refractivity contribution in [3.8, 4) is 17.9 Å². The quantitative estimate of drug-likeness (QED) is 0.616. The Morgan fingerprint density at radius 3 is 2.50 bits per heavy atom. The molecule has 0 aromatic heterocycles. The summed E-state index contributed by atoms with van der Waals surface area (Å²) in [5.74, 6) is 5.62. The van der Waals surface area contributed by atoms with Gasteiger partial charge in [0, 0.05) is 10.0 Å². The lowest BCUT2D eigenvalue weighted by atomic mass is 10.2. The van der Waals surface area contributed by atoms with Crippen molar-refractivity contribution >= 4 is 15.9 Å². The van der Waals surface area contributed by atoms with Gasteiger partial charge in [-0.25, -0.2) is 0 Å².